The van der Waals surface area contributed by atoms with Gasteiger partial charge >= 0.3 is 5.97 Å². The van der Waals surface area contributed by atoms with E-state index in [4.69, 9.17) is 10.5 Å². The van der Waals surface area contributed by atoms with Gasteiger partial charge in [-0.05, 0) is 50.1 Å². The number of nitrogens with two attached hydrogens (primary N) is 1. The van der Waals surface area contributed by atoms with Gasteiger partial charge in [-0.2, -0.15) is 5.10 Å². The smallest absolute Gasteiger partial charge is 0.325 e. The first-order valence-electron chi connectivity index (χ1n) is 9.64. The number of aromatic nitrogens is 3. The molecule has 9 heteroatoms. The maximum Gasteiger partial charge on any atom is 0.325 e. The lowest BCUT2D eigenvalue weighted by Crippen LogP contribution is -2.57. The van der Waals surface area contributed by atoms with E-state index in [1.165, 1.54) is 7.11 Å². The van der Waals surface area contributed by atoms with Gasteiger partial charge in [0.1, 0.15) is 11.3 Å². The summed E-state index contributed by atoms with van der Waals surface area (Å²) in [6.07, 6.45) is 0.656. The quantitative estimate of drug-likeness (QED) is 0.561. The van der Waals surface area contributed by atoms with Crippen LogP contribution in [0.1, 0.15) is 28.9 Å². The molecule has 0 aliphatic carbocycles. The number of carbonyl (C=O) groups is 2. The summed E-state index contributed by atoms with van der Waals surface area (Å²) in [7, 11) is 1.31. The molecule has 0 spiro atoms. The van der Waals surface area contributed by atoms with Gasteiger partial charge in [0.05, 0.1) is 29.4 Å². The number of rotatable bonds is 3. The van der Waals surface area contributed by atoms with E-state index in [-0.39, 0.29) is 11.7 Å². The van der Waals surface area contributed by atoms with Gasteiger partial charge in [0.25, 0.3) is 5.91 Å². The van der Waals surface area contributed by atoms with Crippen molar-refractivity contribution in [2.24, 2.45) is 5.73 Å². The summed E-state index contributed by atoms with van der Waals surface area (Å²) in [4.78, 5) is 31.6. The first-order chi connectivity index (χ1) is 14.3. The fourth-order valence-corrected chi connectivity index (χ4v) is 3.82. The van der Waals surface area contributed by atoms with Crippen molar-refractivity contribution in [3.63, 3.8) is 0 Å². The number of piperidine rings is 1. The van der Waals surface area contributed by atoms with Crippen molar-refractivity contribution in [1.29, 1.82) is 0 Å². The molecule has 3 aromatic rings. The van der Waals surface area contributed by atoms with E-state index in [0.717, 1.165) is 5.56 Å². The van der Waals surface area contributed by atoms with Crippen molar-refractivity contribution in [3.8, 4) is 17.0 Å². The third-order valence-electron chi connectivity index (χ3n) is 5.64. The Balaban J connectivity index is 1.69. The molecule has 1 amide bonds. The lowest BCUT2D eigenvalue weighted by molar-refractivity contribution is -0.148. The standard InChI is InChI=1S/C21H23N5O4/c1-12-17-15(19(28)26-9-7-21(22,8-10-26)20(29)30-2)11-16(23-18(17)25-24-12)13-3-5-14(27)6-4-13/h3-6,11,27H,7-10,22H2,1-2H3,(H,23,24,25). The van der Waals surface area contributed by atoms with Crippen molar-refractivity contribution in [3.05, 3.63) is 41.6 Å². The molecular formula is C21H23N5O4. The molecule has 3 heterocycles. The molecule has 0 radical (unpaired) electrons. The minimum Gasteiger partial charge on any atom is -0.508 e. The summed E-state index contributed by atoms with van der Waals surface area (Å²) in [6.45, 7) is 2.51. The number of hydrogen-bond donors (Lipinski definition) is 3. The average Bonchev–Trinajstić information content (AvgIpc) is 3.14. The summed E-state index contributed by atoms with van der Waals surface area (Å²) < 4.78 is 4.80. The molecule has 1 aliphatic rings. The number of benzene rings is 1. The van der Waals surface area contributed by atoms with E-state index < -0.39 is 11.5 Å². The molecule has 30 heavy (non-hydrogen) atoms. The molecule has 0 unspecified atom stereocenters. The summed E-state index contributed by atoms with van der Waals surface area (Å²) in [6, 6.07) is 8.35. The number of amides is 1. The molecule has 1 fully saturated rings. The second kappa shape index (κ2) is 7.42. The Bertz CT molecular complexity index is 1110. The van der Waals surface area contributed by atoms with Crippen LogP contribution in [0.25, 0.3) is 22.3 Å². The maximum absolute atomic E-state index is 13.4. The van der Waals surface area contributed by atoms with Crippen LogP contribution in [-0.2, 0) is 9.53 Å². The van der Waals surface area contributed by atoms with E-state index in [1.54, 1.807) is 35.2 Å². The molecular weight excluding hydrogens is 386 g/mol. The molecule has 1 aliphatic heterocycles. The minimum absolute atomic E-state index is 0.151. The van der Waals surface area contributed by atoms with Crippen LogP contribution in [0.5, 0.6) is 5.75 Å². The summed E-state index contributed by atoms with van der Waals surface area (Å²) >= 11 is 0. The van der Waals surface area contributed by atoms with Gasteiger partial charge in [0.2, 0.25) is 0 Å². The van der Waals surface area contributed by atoms with E-state index in [0.29, 0.717) is 53.9 Å². The number of H-pyrrole nitrogens is 1. The van der Waals surface area contributed by atoms with E-state index in [1.807, 2.05) is 6.92 Å². The van der Waals surface area contributed by atoms with E-state index in [9.17, 15) is 14.7 Å². The number of carbonyl (C=O) groups excluding carboxylic acids is 2. The fourth-order valence-electron chi connectivity index (χ4n) is 3.82. The van der Waals surface area contributed by atoms with Gasteiger partial charge in [0.15, 0.2) is 5.65 Å². The first kappa shape index (κ1) is 19.8. The number of nitrogens with zero attached hydrogens (tertiary/aromatic N) is 3. The number of pyridine rings is 1. The number of hydrogen-bond acceptors (Lipinski definition) is 7. The predicted molar refractivity (Wildman–Crippen MR) is 110 cm³/mol. The highest BCUT2D eigenvalue weighted by Gasteiger charge is 2.40. The topological polar surface area (TPSA) is 134 Å². The van der Waals surface area contributed by atoms with E-state index >= 15 is 0 Å². The molecule has 1 aromatic carbocycles. The number of ether oxygens (including phenoxy) is 1. The Morgan fingerprint density at radius 3 is 2.53 bits per heavy atom. The van der Waals surface area contributed by atoms with Crippen molar-refractivity contribution < 1.29 is 19.4 Å². The van der Waals surface area contributed by atoms with Crippen LogP contribution in [0.15, 0.2) is 30.3 Å². The number of methoxy groups -OCH3 is 1. The van der Waals surface area contributed by atoms with Crippen LogP contribution in [0.4, 0.5) is 0 Å². The van der Waals surface area contributed by atoms with Crippen molar-refractivity contribution >= 4 is 22.9 Å². The Labute approximate surface area is 172 Å². The Hall–Kier alpha value is -3.46. The number of aryl methyl sites for hydroxylation is 1. The lowest BCUT2D eigenvalue weighted by atomic mass is 9.88. The van der Waals surface area contributed by atoms with E-state index in [2.05, 4.69) is 15.2 Å². The highest BCUT2D eigenvalue weighted by molar-refractivity contribution is 6.07. The third-order valence-corrected chi connectivity index (χ3v) is 5.64. The number of aromatic amines is 1. The van der Waals surface area contributed by atoms with Gasteiger partial charge in [-0.15, -0.1) is 0 Å². The SMILES string of the molecule is COC(=O)C1(N)CCN(C(=O)c2cc(-c3ccc(O)cc3)nc3[nH]nc(C)c23)CC1. The molecule has 4 rings (SSSR count). The fraction of sp³-hybridized carbons (Fsp3) is 0.333. The largest absolute Gasteiger partial charge is 0.508 e. The Morgan fingerprint density at radius 2 is 1.90 bits per heavy atom. The number of likely N-dealkylation sites (tertiary alicyclic amines) is 1. The van der Waals surface area contributed by atoms with Crippen molar-refractivity contribution in [2.45, 2.75) is 25.3 Å². The van der Waals surface area contributed by atoms with Gasteiger partial charge in [-0.3, -0.25) is 14.7 Å². The zero-order chi connectivity index (χ0) is 21.5. The molecule has 9 nitrogen and oxygen atoms in total. The zero-order valence-electron chi connectivity index (χ0n) is 16.8. The Morgan fingerprint density at radius 1 is 1.23 bits per heavy atom. The monoisotopic (exact) mass is 409 g/mol. The van der Waals surface area contributed by atoms with Gasteiger partial charge in [-0.1, -0.05) is 0 Å². The second-order valence-electron chi connectivity index (χ2n) is 7.57. The number of phenols is 1. The van der Waals surface area contributed by atoms with Gasteiger partial charge in [0, 0.05) is 18.7 Å². The second-order valence-corrected chi connectivity index (χ2v) is 7.57. The summed E-state index contributed by atoms with van der Waals surface area (Å²) in [5.74, 6) is -0.474. The number of esters is 1. The summed E-state index contributed by atoms with van der Waals surface area (Å²) in [5, 5.41) is 17.3. The highest BCUT2D eigenvalue weighted by Crippen LogP contribution is 2.29. The normalized spacial score (nSPS) is 15.9. The average molecular weight is 409 g/mol. The van der Waals surface area contributed by atoms with Crippen LogP contribution in [0.2, 0.25) is 0 Å². The van der Waals surface area contributed by atoms with Gasteiger partial charge < -0.3 is 20.5 Å². The van der Waals surface area contributed by atoms with Crippen LogP contribution < -0.4 is 5.73 Å². The zero-order valence-corrected chi connectivity index (χ0v) is 16.8. The lowest BCUT2D eigenvalue weighted by Gasteiger charge is -2.37. The highest BCUT2D eigenvalue weighted by atomic mass is 16.5. The number of nitrogens with one attached hydrogen (secondary N) is 1. The number of fused-ring (bicyclic) bond motifs is 1. The molecule has 0 bridgehead atoms. The van der Waals surface area contributed by atoms with Crippen LogP contribution in [0, 0.1) is 6.92 Å². The van der Waals surface area contributed by atoms with Crippen LogP contribution >= 0.6 is 0 Å². The maximum atomic E-state index is 13.4. The predicted octanol–water partition coefficient (Wildman–Crippen LogP) is 1.75. The van der Waals surface area contributed by atoms with Crippen LogP contribution in [0.3, 0.4) is 0 Å². The molecule has 0 saturated carbocycles. The molecule has 2 aromatic heterocycles. The molecule has 156 valence electrons. The number of aromatic hydroxyl groups is 1. The molecule has 0 atom stereocenters. The minimum atomic E-state index is -1.07. The Kier molecular flexibility index (Phi) is 4.90. The van der Waals surface area contributed by atoms with Crippen molar-refractivity contribution in [2.75, 3.05) is 20.2 Å². The van der Waals surface area contributed by atoms with Crippen molar-refractivity contribution in [1.82, 2.24) is 20.1 Å². The molecule has 1 saturated heterocycles. The third kappa shape index (κ3) is 3.37. The van der Waals surface area contributed by atoms with Crippen LogP contribution in [-0.4, -0.2) is 62.8 Å². The van der Waals surface area contributed by atoms with Gasteiger partial charge in [-0.25, -0.2) is 4.98 Å². The summed E-state index contributed by atoms with van der Waals surface area (Å²) in [5.41, 5.74) is 8.13. The number of phenolic OH excluding ortho intramolecular Hbond substituents is 1. The molecule has 4 N–H and O–H groups in total. The first-order valence-corrected chi connectivity index (χ1v) is 9.64.